The number of aliphatic imine (C=N–C) groups is 1. The smallest absolute Gasteiger partial charge is 0.422 e. The van der Waals surface area contributed by atoms with E-state index in [-0.39, 0.29) is 64.8 Å². The van der Waals surface area contributed by atoms with Crippen molar-refractivity contribution in [3.63, 3.8) is 0 Å². The minimum absolute atomic E-state index is 0. The summed E-state index contributed by atoms with van der Waals surface area (Å²) in [5, 5.41) is 0. The molecule has 0 heterocycles. The van der Waals surface area contributed by atoms with Crippen LogP contribution in [0.3, 0.4) is 0 Å². The van der Waals surface area contributed by atoms with Crippen molar-refractivity contribution in [2.45, 2.75) is 0 Å². The number of hydrogen-bond donors (Lipinski definition) is 2. The Morgan fingerprint density at radius 2 is 1.71 bits per heavy atom. The van der Waals surface area contributed by atoms with Crippen LogP contribution in [0.15, 0.2) is 53.5 Å². The minimum Gasteiger partial charge on any atom is -0.422 e. The molecule has 5 nitrogen and oxygen atoms in total. The monoisotopic (exact) mass is 308 g/mol. The van der Waals surface area contributed by atoms with Crippen LogP contribution in [0.4, 0.5) is 5.69 Å². The van der Waals surface area contributed by atoms with Crippen LogP contribution in [0.2, 0.25) is 0 Å². The molecule has 0 saturated carbocycles. The van der Waals surface area contributed by atoms with Crippen molar-refractivity contribution >= 4 is 17.6 Å². The Kier molecular flexibility index (Phi) is 9.15. The summed E-state index contributed by atoms with van der Waals surface area (Å²) in [6.07, 6.45) is 0. The maximum absolute atomic E-state index is 11.9. The number of guanidine groups is 1. The third kappa shape index (κ3) is 5.99. The third-order valence-electron chi connectivity index (χ3n) is 2.27. The van der Waals surface area contributed by atoms with Gasteiger partial charge in [-0.1, -0.05) is 12.1 Å². The summed E-state index contributed by atoms with van der Waals surface area (Å²) in [6.45, 7) is 0. The van der Waals surface area contributed by atoms with E-state index >= 15 is 0 Å². The van der Waals surface area contributed by atoms with E-state index in [1.807, 2.05) is 0 Å². The standard InChI is InChI=1S/C14H12N3O2.CH3.K/c15-14(16)17-11-8-4-5-9-12(11)19-13(18)10-6-2-1-3-7-10;;/h2-9H,(H4,15,16,17);1H3;/q2*-1;+1. The minimum atomic E-state index is -0.479. The van der Waals surface area contributed by atoms with Crippen LogP contribution < -0.4 is 67.6 Å². The van der Waals surface area contributed by atoms with E-state index < -0.39 is 5.97 Å². The molecule has 6 heteroatoms. The Balaban J connectivity index is 0.00000200. The second-order valence-corrected chi connectivity index (χ2v) is 3.68. The SMILES string of the molecule is NC(N)=Nc1ccccc1OC(=O)c1cc[c-]cc1.[CH3-].[K+]. The molecule has 0 fully saturated rings. The Bertz CT molecular complexity index is 611. The van der Waals surface area contributed by atoms with Crippen LogP contribution in [0, 0.1) is 13.5 Å². The summed E-state index contributed by atoms with van der Waals surface area (Å²) in [7, 11) is 0. The number of benzene rings is 2. The second-order valence-electron chi connectivity index (χ2n) is 3.68. The van der Waals surface area contributed by atoms with Gasteiger partial charge in [0, 0.05) is 0 Å². The maximum Gasteiger partial charge on any atom is 1.00 e. The average molecular weight is 308 g/mol. The van der Waals surface area contributed by atoms with Crippen molar-refractivity contribution in [2.75, 3.05) is 0 Å². The fourth-order valence-corrected chi connectivity index (χ4v) is 1.46. The zero-order chi connectivity index (χ0) is 13.7. The van der Waals surface area contributed by atoms with Crippen LogP contribution in [-0.2, 0) is 0 Å². The van der Waals surface area contributed by atoms with Crippen molar-refractivity contribution in [3.8, 4) is 5.75 Å². The van der Waals surface area contributed by atoms with Gasteiger partial charge in [-0.25, -0.2) is 9.79 Å². The first-order valence-electron chi connectivity index (χ1n) is 5.54. The number of nitrogens with zero attached hydrogens (tertiary/aromatic N) is 1. The van der Waals surface area contributed by atoms with Gasteiger partial charge >= 0.3 is 57.4 Å². The van der Waals surface area contributed by atoms with Crippen LogP contribution in [-0.4, -0.2) is 11.9 Å². The molecule has 0 spiro atoms. The predicted molar refractivity (Wildman–Crippen MR) is 78.6 cm³/mol. The van der Waals surface area contributed by atoms with Crippen LogP contribution in [0.1, 0.15) is 10.4 Å². The van der Waals surface area contributed by atoms with Crippen molar-refractivity contribution in [2.24, 2.45) is 16.5 Å². The molecule has 0 amide bonds. The number of rotatable bonds is 3. The third-order valence-corrected chi connectivity index (χ3v) is 2.27. The summed E-state index contributed by atoms with van der Waals surface area (Å²) >= 11 is 0. The molecular weight excluding hydrogens is 293 g/mol. The molecule has 0 saturated heterocycles. The molecule has 0 radical (unpaired) electrons. The Hall–Kier alpha value is -1.18. The Morgan fingerprint density at radius 1 is 1.10 bits per heavy atom. The van der Waals surface area contributed by atoms with E-state index in [1.54, 1.807) is 48.5 Å². The normalized spacial score (nSPS) is 8.76. The van der Waals surface area contributed by atoms with Gasteiger partial charge in [0.25, 0.3) is 0 Å². The number of esters is 1. The fraction of sp³-hybridized carbons (Fsp3) is 0. The molecule has 21 heavy (non-hydrogen) atoms. The zero-order valence-corrected chi connectivity index (χ0v) is 15.2. The molecule has 2 aromatic carbocycles. The van der Waals surface area contributed by atoms with E-state index in [1.165, 1.54) is 0 Å². The van der Waals surface area contributed by atoms with Crippen molar-refractivity contribution in [1.29, 1.82) is 0 Å². The van der Waals surface area contributed by atoms with Gasteiger partial charge in [-0.05, 0) is 17.7 Å². The molecule has 0 bridgehead atoms. The number of ether oxygens (including phenoxy) is 1. The first-order chi connectivity index (χ1) is 9.16. The average Bonchev–Trinajstić information content (AvgIpc) is 2.41. The topological polar surface area (TPSA) is 90.7 Å². The van der Waals surface area contributed by atoms with E-state index in [9.17, 15) is 4.79 Å². The Morgan fingerprint density at radius 3 is 2.33 bits per heavy atom. The van der Waals surface area contributed by atoms with Crippen LogP contribution in [0.25, 0.3) is 0 Å². The summed E-state index contributed by atoms with van der Waals surface area (Å²) in [6, 6.07) is 16.1. The molecule has 0 aliphatic heterocycles. The molecule has 0 aromatic heterocycles. The van der Waals surface area contributed by atoms with E-state index in [4.69, 9.17) is 16.2 Å². The number of carbonyl (C=O) groups is 1. The van der Waals surface area contributed by atoms with Gasteiger partial charge in [-0.3, -0.25) is 0 Å². The first-order valence-corrected chi connectivity index (χ1v) is 5.54. The summed E-state index contributed by atoms with van der Waals surface area (Å²) in [5.74, 6) is -0.279. The molecule has 0 unspecified atom stereocenters. The number of nitrogens with two attached hydrogens (primary N) is 2. The summed E-state index contributed by atoms with van der Waals surface area (Å²) in [5.41, 5.74) is 11.5. The predicted octanol–water partition coefficient (Wildman–Crippen LogP) is -0.935. The number of hydrogen-bond acceptors (Lipinski definition) is 3. The molecule has 0 aliphatic rings. The van der Waals surface area contributed by atoms with Crippen molar-refractivity contribution in [3.05, 3.63) is 67.6 Å². The van der Waals surface area contributed by atoms with Crippen LogP contribution in [0.5, 0.6) is 5.75 Å². The Labute approximate surface area is 166 Å². The molecule has 104 valence electrons. The van der Waals surface area contributed by atoms with Crippen molar-refractivity contribution in [1.82, 2.24) is 0 Å². The van der Waals surface area contributed by atoms with Gasteiger partial charge in [0.05, 0.1) is 0 Å². The van der Waals surface area contributed by atoms with E-state index in [2.05, 4.69) is 11.1 Å². The maximum atomic E-state index is 11.9. The van der Waals surface area contributed by atoms with Gasteiger partial charge in [-0.15, -0.1) is 0 Å². The summed E-state index contributed by atoms with van der Waals surface area (Å²) in [4.78, 5) is 15.8. The van der Waals surface area contributed by atoms with Gasteiger partial charge in [-0.2, -0.15) is 30.3 Å². The van der Waals surface area contributed by atoms with Gasteiger partial charge in [0.1, 0.15) is 5.69 Å². The van der Waals surface area contributed by atoms with E-state index in [0.717, 1.165) is 0 Å². The van der Waals surface area contributed by atoms with Gasteiger partial charge in [0.2, 0.25) is 0 Å². The molecular formula is C15H15KN3O2-. The summed E-state index contributed by atoms with van der Waals surface area (Å²) < 4.78 is 5.26. The molecule has 2 rings (SSSR count). The molecule has 0 aliphatic carbocycles. The zero-order valence-electron chi connectivity index (χ0n) is 12.0. The molecule has 4 N–H and O–H groups in total. The van der Waals surface area contributed by atoms with Gasteiger partial charge in [0.15, 0.2) is 11.7 Å². The second kappa shape index (κ2) is 9.70. The molecule has 2 aromatic rings. The first kappa shape index (κ1) is 19.8. The number of carbonyl (C=O) groups excluding carboxylic acids is 1. The quantitative estimate of drug-likeness (QED) is 0.191. The van der Waals surface area contributed by atoms with Crippen LogP contribution >= 0.6 is 0 Å². The van der Waals surface area contributed by atoms with Crippen molar-refractivity contribution < 1.29 is 60.9 Å². The largest absolute Gasteiger partial charge is 1.00 e. The number of para-hydroxylation sites is 2. The van der Waals surface area contributed by atoms with Gasteiger partial charge < -0.3 is 23.6 Å². The van der Waals surface area contributed by atoms with E-state index in [0.29, 0.717) is 17.0 Å². The molecule has 0 atom stereocenters. The fourth-order valence-electron chi connectivity index (χ4n) is 1.46.